The van der Waals surface area contributed by atoms with Crippen molar-refractivity contribution in [3.8, 4) is 12.8 Å². The van der Waals surface area contributed by atoms with Gasteiger partial charge in [0.2, 0.25) is 0 Å². The molecule has 2 saturated carbocycles. The SMILES string of the molecule is C#C.COC(CCS(=O)(=O)c1ccccc1)CC(=O)OC(CCCCCCC(=O)O)CC(=O)OC1(CC(=O)OC2(CC(C)=O)CC2C(=O)O)CCCC1C(=O)O.[2H][2H].[B][B]. The summed E-state index contributed by atoms with van der Waals surface area (Å²) in [6.07, 6.45) is 6.40. The first-order valence-electron chi connectivity index (χ1n) is 19.7. The average Bonchev–Trinajstić information content (AvgIpc) is 3.74. The molecule has 3 rings (SSSR count). The van der Waals surface area contributed by atoms with Gasteiger partial charge in [0.1, 0.15) is 29.0 Å². The molecule has 2 fully saturated rings. The number of sulfone groups is 1. The number of hydrogen-bond acceptors (Lipinski definition) is 13. The Bertz CT molecular complexity index is 1700. The number of carboxylic acid groups (broad SMARTS) is 3. The summed E-state index contributed by atoms with van der Waals surface area (Å²) in [5, 5.41) is 28.4. The van der Waals surface area contributed by atoms with Crippen molar-refractivity contribution < 1.29 is 79.2 Å². The summed E-state index contributed by atoms with van der Waals surface area (Å²) in [7, 11) is 5.65. The predicted octanol–water partition coefficient (Wildman–Crippen LogP) is 3.64. The largest absolute Gasteiger partial charge is 0.481 e. The quantitative estimate of drug-likeness (QED) is 0.0418. The van der Waals surface area contributed by atoms with Gasteiger partial charge in [0, 0.05) is 44.8 Å². The summed E-state index contributed by atoms with van der Waals surface area (Å²) in [6, 6.07) is 7.78. The van der Waals surface area contributed by atoms with E-state index in [1.165, 1.54) is 26.2 Å². The van der Waals surface area contributed by atoms with Crippen molar-refractivity contribution in [2.75, 3.05) is 12.9 Å². The molecule has 6 atom stereocenters. The van der Waals surface area contributed by atoms with Crippen LogP contribution < -0.4 is 0 Å². The fourth-order valence-corrected chi connectivity index (χ4v) is 8.43. The number of terminal acetylenes is 1. The zero-order valence-electron chi connectivity index (χ0n) is 34.9. The van der Waals surface area contributed by atoms with Crippen molar-refractivity contribution in [1.29, 1.82) is 0 Å². The summed E-state index contributed by atoms with van der Waals surface area (Å²) in [6.45, 7) is 1.22. The van der Waals surface area contributed by atoms with Crippen molar-refractivity contribution in [1.82, 2.24) is 0 Å². The number of carbonyl (C=O) groups is 7. The van der Waals surface area contributed by atoms with Gasteiger partial charge in [0.05, 0.1) is 41.9 Å². The van der Waals surface area contributed by atoms with Gasteiger partial charge in [0.15, 0.2) is 9.84 Å². The minimum Gasteiger partial charge on any atom is -0.481 e. The van der Waals surface area contributed by atoms with Crippen LogP contribution in [0.5, 0.6) is 0 Å². The molecule has 0 bridgehead atoms. The number of methoxy groups -OCH3 is 1. The predicted molar refractivity (Wildman–Crippen MR) is 210 cm³/mol. The molecule has 0 heterocycles. The van der Waals surface area contributed by atoms with Crippen molar-refractivity contribution in [2.24, 2.45) is 11.8 Å². The molecule has 0 spiro atoms. The second kappa shape index (κ2) is 24.9. The number of unbranched alkanes of at least 4 members (excludes halogenated alkanes) is 3. The van der Waals surface area contributed by atoms with E-state index in [2.05, 4.69) is 28.3 Å². The Morgan fingerprint density at radius 3 is 1.97 bits per heavy atom. The van der Waals surface area contributed by atoms with Crippen molar-refractivity contribution in [3.05, 3.63) is 30.3 Å². The van der Waals surface area contributed by atoms with Crippen LogP contribution in [0.3, 0.4) is 0 Å². The molecular weight excluding hydrogens is 778 g/mol. The molecule has 0 aliphatic heterocycles. The number of Topliss-reactive ketones (excluding diaryl/α,β-unsaturated/α-hetero) is 1. The Morgan fingerprint density at radius 1 is 0.828 bits per heavy atom. The van der Waals surface area contributed by atoms with Crippen LogP contribution in [0.15, 0.2) is 35.2 Å². The van der Waals surface area contributed by atoms with Crippen LogP contribution in [0.25, 0.3) is 0 Å². The lowest BCUT2D eigenvalue weighted by atomic mass is 9.81. The number of rotatable bonds is 25. The third kappa shape index (κ3) is 16.7. The van der Waals surface area contributed by atoms with E-state index in [1.54, 1.807) is 18.2 Å². The minimum absolute atomic E-state index is 0.0226. The van der Waals surface area contributed by atoms with Gasteiger partial charge in [-0.3, -0.25) is 33.6 Å². The normalized spacial score (nSPS) is 21.7. The van der Waals surface area contributed by atoms with Gasteiger partial charge in [-0.05, 0) is 64.0 Å². The highest BCUT2D eigenvalue weighted by atomic mass is 32.2. The molecule has 1 aromatic carbocycles. The van der Waals surface area contributed by atoms with Gasteiger partial charge < -0.3 is 34.3 Å². The van der Waals surface area contributed by atoms with Gasteiger partial charge >= 0.3 is 35.8 Å². The van der Waals surface area contributed by atoms with E-state index >= 15 is 0 Å². The van der Waals surface area contributed by atoms with Crippen LogP contribution in [-0.4, -0.2) is 117 Å². The molecule has 1 aromatic rings. The molecule has 2 aliphatic rings. The molecule has 3 N–H and O–H groups in total. The first-order valence-corrected chi connectivity index (χ1v) is 20.3. The fourth-order valence-electron chi connectivity index (χ4n) is 7.05. The van der Waals surface area contributed by atoms with Gasteiger partial charge in [0.25, 0.3) is 0 Å². The maximum absolute atomic E-state index is 13.5. The zero-order chi connectivity index (χ0) is 46.1. The van der Waals surface area contributed by atoms with E-state index in [0.29, 0.717) is 25.7 Å². The lowest BCUT2D eigenvalue weighted by Gasteiger charge is -2.33. The second-order valence-corrected chi connectivity index (χ2v) is 16.3. The van der Waals surface area contributed by atoms with Crippen molar-refractivity contribution in [3.63, 3.8) is 0 Å². The molecule has 318 valence electrons. The summed E-state index contributed by atoms with van der Waals surface area (Å²) >= 11 is 0. The molecule has 19 heteroatoms. The number of ketones is 1. The monoisotopic (exact) mass is 834 g/mol. The highest BCUT2D eigenvalue weighted by Crippen LogP contribution is 2.51. The fraction of sp³-hybridized carbons (Fsp3) is 0.615. The maximum atomic E-state index is 13.5. The van der Waals surface area contributed by atoms with E-state index in [4.69, 9.17) is 27.0 Å². The molecule has 4 radical (unpaired) electrons. The van der Waals surface area contributed by atoms with Crippen LogP contribution >= 0.6 is 0 Å². The molecule has 58 heavy (non-hydrogen) atoms. The van der Waals surface area contributed by atoms with Crippen molar-refractivity contribution in [2.45, 2.75) is 132 Å². The Morgan fingerprint density at radius 2 is 1.41 bits per heavy atom. The molecule has 2 aliphatic carbocycles. The van der Waals surface area contributed by atoms with Gasteiger partial charge in [-0.25, -0.2) is 8.42 Å². The van der Waals surface area contributed by atoms with E-state index in [9.17, 15) is 52.2 Å². The molecule has 0 aromatic heterocycles. The van der Waals surface area contributed by atoms with E-state index < -0.39 is 99.5 Å². The Balaban J connectivity index is 0.00000554. The van der Waals surface area contributed by atoms with Crippen molar-refractivity contribution >= 4 is 66.9 Å². The number of carboxylic acids is 3. The smallest absolute Gasteiger partial charge is 0.310 e. The second-order valence-electron chi connectivity index (χ2n) is 14.2. The van der Waals surface area contributed by atoms with Gasteiger partial charge in [-0.15, -0.1) is 12.8 Å². The van der Waals surface area contributed by atoms with Crippen LogP contribution in [-0.2, 0) is 62.3 Å². The summed E-state index contributed by atoms with van der Waals surface area (Å²) < 4.78 is 57.8. The third-order valence-corrected chi connectivity index (χ3v) is 11.6. The summed E-state index contributed by atoms with van der Waals surface area (Å²) in [5.74, 6) is -9.45. The van der Waals surface area contributed by atoms with E-state index in [1.807, 2.05) is 0 Å². The van der Waals surface area contributed by atoms with Gasteiger partial charge in [-0.2, -0.15) is 0 Å². The maximum Gasteiger partial charge on any atom is 0.310 e. The lowest BCUT2D eigenvalue weighted by Crippen LogP contribution is -2.46. The molecule has 0 amide bonds. The Labute approximate surface area is 344 Å². The van der Waals surface area contributed by atoms with Crippen LogP contribution in [0.2, 0.25) is 0 Å². The number of carbonyl (C=O) groups excluding carboxylic acids is 4. The standard InChI is InChI=1S/C37H50O16S.C2H2.B2.H2/c1-24(38)21-37(22-29(37)35(46)47)53-33(43)23-36(17-10-14-28(36)34(44)45)52-32(42)20-26(11-6-3-4-9-15-30(39)40)51-31(41)19-25(50-2)16-18-54(48,49)27-12-7-5-8-13-27;2*1-2;/h5,7-8,12-13,25-26,28-29H,3-4,6,9-11,14-23H2,1-2H3,(H,39,40)(H,44,45)(H,46,47);1-2H;;1H/i;;;1+1D. The summed E-state index contributed by atoms with van der Waals surface area (Å²) in [4.78, 5) is 86.7. The van der Waals surface area contributed by atoms with E-state index in [-0.39, 0.29) is 68.4 Å². The molecule has 0 saturated heterocycles. The minimum atomic E-state index is -3.67. The average molecular weight is 835 g/mol. The topological polar surface area (TPSA) is 251 Å². The molecule has 6 unspecified atom stereocenters. The number of esters is 3. The van der Waals surface area contributed by atoms with Crippen LogP contribution in [0, 0.1) is 24.7 Å². The summed E-state index contributed by atoms with van der Waals surface area (Å²) in [5.41, 5.74) is -3.44. The van der Waals surface area contributed by atoms with Gasteiger partial charge in [-0.1, -0.05) is 31.0 Å². The number of aliphatic carboxylic acids is 3. The highest BCUT2D eigenvalue weighted by Gasteiger charge is 2.63. The first kappa shape index (κ1) is 49.5. The third-order valence-electron chi connectivity index (χ3n) is 9.87. The van der Waals surface area contributed by atoms with Crippen LogP contribution in [0.1, 0.15) is 106 Å². The number of hydrogen-bond donors (Lipinski definition) is 3. The number of benzene rings is 1. The molecular formula is C39H54B2O16S. The lowest BCUT2D eigenvalue weighted by molar-refractivity contribution is -0.180. The molecule has 16 nitrogen and oxygen atoms in total. The Kier molecular flexibility index (Phi) is 21.3. The van der Waals surface area contributed by atoms with E-state index in [0.717, 1.165) is 0 Å². The number of ether oxygens (including phenoxy) is 4. The zero-order valence-corrected chi connectivity index (χ0v) is 33.7. The first-order chi connectivity index (χ1) is 28.4. The Hall–Kier alpha value is -4.69. The highest BCUT2D eigenvalue weighted by molar-refractivity contribution is 7.91. The van der Waals surface area contributed by atoms with Crippen LogP contribution in [0.4, 0.5) is 0 Å².